The molecule has 0 radical (unpaired) electrons. The van der Waals surface area contributed by atoms with Crippen molar-refractivity contribution in [2.24, 2.45) is 5.41 Å². The molecule has 0 aliphatic carbocycles. The summed E-state index contributed by atoms with van der Waals surface area (Å²) >= 11 is 0. The summed E-state index contributed by atoms with van der Waals surface area (Å²) in [7, 11) is 0. The van der Waals surface area contributed by atoms with Crippen molar-refractivity contribution in [2.45, 2.75) is 61.8 Å². The van der Waals surface area contributed by atoms with Gasteiger partial charge < -0.3 is 0 Å². The molecule has 0 aromatic rings. The number of allylic oxidation sites excluding steroid dienone is 2. The van der Waals surface area contributed by atoms with E-state index in [9.17, 15) is 0 Å². The molecule has 0 aromatic carbocycles. The second-order valence-electron chi connectivity index (χ2n) is 4.58. The zero-order valence-electron chi connectivity index (χ0n) is 9.04. The quantitative estimate of drug-likeness (QED) is 0.504. The molecule has 0 heterocycles. The first-order valence-corrected chi connectivity index (χ1v) is 4.68. The van der Waals surface area contributed by atoms with Crippen LogP contribution in [0.1, 0.15) is 61.8 Å². The molecular weight excluding hydrogens is 168 g/mol. The minimum absolute atomic E-state index is 0. The predicted octanol–water partition coefficient (Wildman–Crippen LogP) is 5.61. The van der Waals surface area contributed by atoms with Crippen molar-refractivity contribution >= 4 is 0 Å². The molecule has 0 saturated heterocycles. The Kier molecular flexibility index (Phi) is 10.7. The van der Waals surface area contributed by atoms with Crippen LogP contribution >= 0.6 is 0 Å². The maximum Gasteiger partial charge on any atom is -0.0268 e. The fourth-order valence-corrected chi connectivity index (χ4v) is 1.68. The van der Waals surface area contributed by atoms with E-state index < -0.39 is 0 Å². The summed E-state index contributed by atoms with van der Waals surface area (Å²) in [5, 5.41) is 0. The largest absolute Gasteiger partial charge is 0.100 e. The molecule has 86 valence electrons. The summed E-state index contributed by atoms with van der Waals surface area (Å²) in [6.07, 6.45) is 3.32. The number of rotatable bonds is 5. The third kappa shape index (κ3) is 9.57. The van der Waals surface area contributed by atoms with Crippen molar-refractivity contribution in [3.63, 3.8) is 0 Å². The van der Waals surface area contributed by atoms with Gasteiger partial charge in [-0.1, -0.05) is 53.3 Å². The van der Waals surface area contributed by atoms with E-state index in [0.29, 0.717) is 5.41 Å². The fraction of sp³-hybridized carbons (Fsp3) is 0.714. The molecule has 0 spiro atoms. The van der Waals surface area contributed by atoms with E-state index in [4.69, 9.17) is 0 Å². The Morgan fingerprint density at radius 1 is 1.07 bits per heavy atom. The monoisotopic (exact) mass is 198 g/mol. The first-order valence-electron chi connectivity index (χ1n) is 4.68. The Bertz CT molecular complexity index is 172. The molecule has 0 unspecified atom stereocenters. The Hall–Kier alpha value is -0.520. The zero-order valence-corrected chi connectivity index (χ0v) is 9.04. The predicted molar refractivity (Wildman–Crippen MR) is 70.7 cm³/mol. The Balaban J connectivity index is -0.000000605. The maximum atomic E-state index is 4.04. The van der Waals surface area contributed by atoms with Crippen LogP contribution in [0, 0.1) is 5.41 Å². The molecular formula is C14H30. The van der Waals surface area contributed by atoms with E-state index >= 15 is 0 Å². The lowest BCUT2D eigenvalue weighted by molar-refractivity contribution is 0.356. The van der Waals surface area contributed by atoms with Crippen LogP contribution in [0.5, 0.6) is 0 Å². The van der Waals surface area contributed by atoms with E-state index in [1.54, 1.807) is 0 Å². The molecule has 0 N–H and O–H groups in total. The molecule has 0 aromatic heterocycles. The van der Waals surface area contributed by atoms with Gasteiger partial charge in [-0.2, -0.15) is 0 Å². The highest BCUT2D eigenvalue weighted by Crippen LogP contribution is 2.31. The van der Waals surface area contributed by atoms with Crippen LogP contribution < -0.4 is 0 Å². The summed E-state index contributed by atoms with van der Waals surface area (Å²) in [5.74, 6) is 0. The number of hydrogen-bond acceptors (Lipinski definition) is 0. The molecule has 0 rings (SSSR count). The van der Waals surface area contributed by atoms with Crippen molar-refractivity contribution < 1.29 is 0 Å². The van der Waals surface area contributed by atoms with Crippen LogP contribution in [0.2, 0.25) is 0 Å². The average molecular weight is 198 g/mol. The van der Waals surface area contributed by atoms with Gasteiger partial charge in [0.1, 0.15) is 0 Å². The zero-order chi connectivity index (χ0) is 9.78. The SMILES string of the molecule is C.C.C=C(C)CC(C)(C)CC(=C)CC. The lowest BCUT2D eigenvalue weighted by Crippen LogP contribution is -2.12. The van der Waals surface area contributed by atoms with Gasteiger partial charge in [0.25, 0.3) is 0 Å². The molecule has 0 nitrogen and oxygen atoms in total. The smallest absolute Gasteiger partial charge is 0.0268 e. The third-order valence-electron chi connectivity index (χ3n) is 2.01. The van der Waals surface area contributed by atoms with Crippen LogP contribution in [0.3, 0.4) is 0 Å². The van der Waals surface area contributed by atoms with Crippen LogP contribution in [-0.4, -0.2) is 0 Å². The molecule has 0 amide bonds. The first kappa shape index (κ1) is 19.1. The molecule has 14 heavy (non-hydrogen) atoms. The van der Waals surface area contributed by atoms with Gasteiger partial charge in [0.15, 0.2) is 0 Å². The minimum atomic E-state index is 0. The molecule has 0 aliphatic rings. The van der Waals surface area contributed by atoms with Crippen molar-refractivity contribution in [1.82, 2.24) is 0 Å². The summed E-state index contributed by atoms with van der Waals surface area (Å²) in [5.41, 5.74) is 2.96. The van der Waals surface area contributed by atoms with E-state index in [0.717, 1.165) is 19.3 Å². The van der Waals surface area contributed by atoms with E-state index in [-0.39, 0.29) is 14.9 Å². The normalized spacial score (nSPS) is 9.71. The van der Waals surface area contributed by atoms with E-state index in [1.165, 1.54) is 11.1 Å². The summed E-state index contributed by atoms with van der Waals surface area (Å²) in [6.45, 7) is 16.8. The van der Waals surface area contributed by atoms with Gasteiger partial charge in [0, 0.05) is 0 Å². The highest BCUT2D eigenvalue weighted by atomic mass is 14.2. The molecule has 0 heteroatoms. The number of hydrogen-bond donors (Lipinski definition) is 0. The molecule has 0 bridgehead atoms. The second kappa shape index (κ2) is 7.84. The van der Waals surface area contributed by atoms with Crippen LogP contribution in [0.25, 0.3) is 0 Å². The van der Waals surface area contributed by atoms with Gasteiger partial charge in [-0.05, 0) is 31.6 Å². The first-order chi connectivity index (χ1) is 5.37. The Labute approximate surface area is 92.1 Å². The van der Waals surface area contributed by atoms with Crippen molar-refractivity contribution in [1.29, 1.82) is 0 Å². The van der Waals surface area contributed by atoms with Gasteiger partial charge in [-0.3, -0.25) is 0 Å². The second-order valence-corrected chi connectivity index (χ2v) is 4.58. The van der Waals surface area contributed by atoms with Crippen LogP contribution in [-0.2, 0) is 0 Å². The standard InChI is InChI=1S/C12H22.2CH4/c1-7-11(4)9-12(5,6)8-10(2)3;;/h2,4,7-9H2,1,3,5-6H3;2*1H4. The van der Waals surface area contributed by atoms with Gasteiger partial charge in [-0.15, -0.1) is 6.58 Å². The maximum absolute atomic E-state index is 4.04. The van der Waals surface area contributed by atoms with Crippen LogP contribution in [0.15, 0.2) is 24.3 Å². The lowest BCUT2D eigenvalue weighted by Gasteiger charge is -2.25. The topological polar surface area (TPSA) is 0 Å². The van der Waals surface area contributed by atoms with Crippen molar-refractivity contribution in [3.05, 3.63) is 24.3 Å². The minimum Gasteiger partial charge on any atom is -0.100 e. The summed E-state index contributed by atoms with van der Waals surface area (Å²) in [4.78, 5) is 0. The molecule has 0 saturated carbocycles. The van der Waals surface area contributed by atoms with Gasteiger partial charge >= 0.3 is 0 Å². The van der Waals surface area contributed by atoms with E-state index in [1.807, 2.05) is 0 Å². The van der Waals surface area contributed by atoms with Crippen molar-refractivity contribution in [3.8, 4) is 0 Å². The van der Waals surface area contributed by atoms with Crippen molar-refractivity contribution in [2.75, 3.05) is 0 Å². The fourth-order valence-electron chi connectivity index (χ4n) is 1.68. The summed E-state index contributed by atoms with van der Waals surface area (Å²) < 4.78 is 0. The summed E-state index contributed by atoms with van der Waals surface area (Å²) in [6, 6.07) is 0. The van der Waals surface area contributed by atoms with Crippen LogP contribution in [0.4, 0.5) is 0 Å². The Morgan fingerprint density at radius 2 is 1.50 bits per heavy atom. The van der Waals surface area contributed by atoms with Gasteiger partial charge in [0.2, 0.25) is 0 Å². The van der Waals surface area contributed by atoms with Gasteiger partial charge in [-0.25, -0.2) is 0 Å². The highest BCUT2D eigenvalue weighted by Gasteiger charge is 2.18. The molecule has 0 aliphatic heterocycles. The molecule has 0 fully saturated rings. The average Bonchev–Trinajstić information content (AvgIpc) is 1.83. The molecule has 0 atom stereocenters. The lowest BCUT2D eigenvalue weighted by atomic mass is 9.80. The Morgan fingerprint density at radius 3 is 1.79 bits per heavy atom. The van der Waals surface area contributed by atoms with Gasteiger partial charge in [0.05, 0.1) is 0 Å². The highest BCUT2D eigenvalue weighted by molar-refractivity contribution is 5.02. The van der Waals surface area contributed by atoms with E-state index in [2.05, 4.69) is 40.9 Å². The third-order valence-corrected chi connectivity index (χ3v) is 2.01.